The summed E-state index contributed by atoms with van der Waals surface area (Å²) >= 11 is 0. The summed E-state index contributed by atoms with van der Waals surface area (Å²) in [4.78, 5) is 18.7. The van der Waals surface area contributed by atoms with Crippen LogP contribution in [0.4, 0.5) is 5.69 Å². The molecule has 1 aromatic rings. The molecule has 2 fully saturated rings. The number of ether oxygens (including phenoxy) is 2. The Morgan fingerprint density at radius 1 is 1.26 bits per heavy atom. The number of amides is 1. The van der Waals surface area contributed by atoms with E-state index in [1.54, 1.807) is 6.20 Å². The van der Waals surface area contributed by atoms with E-state index in [0.29, 0.717) is 18.9 Å². The molecule has 6 heteroatoms. The number of hydrogen-bond acceptors (Lipinski definition) is 5. The molecule has 0 aromatic carbocycles. The molecule has 126 valence electrons. The van der Waals surface area contributed by atoms with Gasteiger partial charge in [-0.05, 0) is 32.9 Å². The van der Waals surface area contributed by atoms with E-state index in [0.717, 1.165) is 31.6 Å². The highest BCUT2D eigenvalue weighted by Crippen LogP contribution is 2.33. The van der Waals surface area contributed by atoms with Crippen LogP contribution in [0.25, 0.3) is 0 Å². The Bertz CT molecular complexity index is 567. The van der Waals surface area contributed by atoms with Gasteiger partial charge in [0.25, 0.3) is 5.91 Å². The molecule has 0 unspecified atom stereocenters. The molecule has 0 aliphatic carbocycles. The molecule has 1 aromatic heterocycles. The lowest BCUT2D eigenvalue weighted by Crippen LogP contribution is -2.45. The van der Waals surface area contributed by atoms with E-state index in [9.17, 15) is 4.79 Å². The maximum absolute atomic E-state index is 12.3. The SMILES string of the molecule is CC(C)(C)NC(=O)c1cc(N2CCC3(CC2)OCCO3)ccn1. The number of rotatable bonds is 2. The predicted octanol–water partition coefficient (Wildman–Crippen LogP) is 1.95. The van der Waals surface area contributed by atoms with Crippen LogP contribution in [0.5, 0.6) is 0 Å². The molecule has 1 amide bonds. The number of piperidine rings is 1. The number of pyridine rings is 1. The highest BCUT2D eigenvalue weighted by molar-refractivity contribution is 5.93. The molecule has 2 aliphatic rings. The Labute approximate surface area is 137 Å². The van der Waals surface area contributed by atoms with E-state index < -0.39 is 0 Å². The lowest BCUT2D eigenvalue weighted by Gasteiger charge is -2.38. The van der Waals surface area contributed by atoms with Crippen LogP contribution < -0.4 is 10.2 Å². The first-order valence-corrected chi connectivity index (χ1v) is 8.18. The summed E-state index contributed by atoms with van der Waals surface area (Å²) in [6.07, 6.45) is 3.39. The van der Waals surface area contributed by atoms with Crippen molar-refractivity contribution in [2.75, 3.05) is 31.2 Å². The molecular formula is C17H25N3O3. The Hall–Kier alpha value is -1.66. The zero-order valence-corrected chi connectivity index (χ0v) is 14.1. The number of nitrogens with one attached hydrogen (secondary N) is 1. The molecular weight excluding hydrogens is 294 g/mol. The summed E-state index contributed by atoms with van der Waals surface area (Å²) in [6.45, 7) is 8.95. The van der Waals surface area contributed by atoms with Crippen molar-refractivity contribution in [1.29, 1.82) is 0 Å². The second-order valence-corrected chi connectivity index (χ2v) is 7.20. The second-order valence-electron chi connectivity index (χ2n) is 7.20. The lowest BCUT2D eigenvalue weighted by atomic mass is 10.0. The number of aromatic nitrogens is 1. The van der Waals surface area contributed by atoms with Gasteiger partial charge in [-0.3, -0.25) is 9.78 Å². The van der Waals surface area contributed by atoms with Crippen LogP contribution in [-0.4, -0.2) is 48.5 Å². The van der Waals surface area contributed by atoms with Crippen molar-refractivity contribution in [1.82, 2.24) is 10.3 Å². The van der Waals surface area contributed by atoms with Gasteiger partial charge < -0.3 is 19.7 Å². The molecule has 1 N–H and O–H groups in total. The summed E-state index contributed by atoms with van der Waals surface area (Å²) in [5.41, 5.74) is 1.20. The number of nitrogens with zero attached hydrogens (tertiary/aromatic N) is 2. The molecule has 0 bridgehead atoms. The third kappa shape index (κ3) is 3.82. The van der Waals surface area contributed by atoms with Crippen LogP contribution in [0.3, 0.4) is 0 Å². The summed E-state index contributed by atoms with van der Waals surface area (Å²) in [6, 6.07) is 3.80. The first kappa shape index (κ1) is 16.2. The highest BCUT2D eigenvalue weighted by Gasteiger charge is 2.39. The van der Waals surface area contributed by atoms with Gasteiger partial charge in [0.1, 0.15) is 5.69 Å². The van der Waals surface area contributed by atoms with Crippen molar-refractivity contribution in [3.05, 3.63) is 24.0 Å². The van der Waals surface area contributed by atoms with Gasteiger partial charge in [-0.2, -0.15) is 0 Å². The summed E-state index contributed by atoms with van der Waals surface area (Å²) < 4.78 is 11.5. The third-order valence-electron chi connectivity index (χ3n) is 4.17. The predicted molar refractivity (Wildman–Crippen MR) is 87.5 cm³/mol. The van der Waals surface area contributed by atoms with Crippen LogP contribution in [-0.2, 0) is 9.47 Å². The van der Waals surface area contributed by atoms with Gasteiger partial charge in [0.15, 0.2) is 5.79 Å². The standard InChI is InChI=1S/C17H25N3O3/c1-16(2,3)19-15(21)14-12-13(4-7-18-14)20-8-5-17(6-9-20)22-10-11-23-17/h4,7,12H,5-6,8-11H2,1-3H3,(H,19,21). The first-order valence-electron chi connectivity index (χ1n) is 8.18. The van der Waals surface area contributed by atoms with Gasteiger partial charge in [0.2, 0.25) is 0 Å². The van der Waals surface area contributed by atoms with Gasteiger partial charge in [-0.25, -0.2) is 0 Å². The second kappa shape index (κ2) is 6.09. The zero-order chi connectivity index (χ0) is 16.5. The topological polar surface area (TPSA) is 63.7 Å². The molecule has 2 aliphatic heterocycles. The van der Waals surface area contributed by atoms with Crippen LogP contribution in [0.2, 0.25) is 0 Å². The van der Waals surface area contributed by atoms with E-state index in [4.69, 9.17) is 9.47 Å². The highest BCUT2D eigenvalue weighted by atomic mass is 16.7. The normalized spacial score (nSPS) is 20.7. The summed E-state index contributed by atoms with van der Waals surface area (Å²) in [7, 11) is 0. The molecule has 0 atom stereocenters. The Morgan fingerprint density at radius 2 is 1.91 bits per heavy atom. The van der Waals surface area contributed by atoms with Crippen LogP contribution in [0.1, 0.15) is 44.1 Å². The van der Waals surface area contributed by atoms with E-state index >= 15 is 0 Å². The Morgan fingerprint density at radius 3 is 2.52 bits per heavy atom. The fourth-order valence-corrected chi connectivity index (χ4v) is 3.04. The molecule has 1 spiro atoms. The summed E-state index contributed by atoms with van der Waals surface area (Å²) in [5.74, 6) is -0.522. The maximum Gasteiger partial charge on any atom is 0.270 e. The fourth-order valence-electron chi connectivity index (χ4n) is 3.04. The average Bonchev–Trinajstić information content (AvgIpc) is 2.95. The van der Waals surface area contributed by atoms with Crippen LogP contribution >= 0.6 is 0 Å². The molecule has 6 nitrogen and oxygen atoms in total. The van der Waals surface area contributed by atoms with E-state index in [1.165, 1.54) is 0 Å². The van der Waals surface area contributed by atoms with Gasteiger partial charge in [0.05, 0.1) is 13.2 Å². The molecule has 0 radical (unpaired) electrons. The van der Waals surface area contributed by atoms with E-state index in [-0.39, 0.29) is 17.2 Å². The zero-order valence-electron chi connectivity index (χ0n) is 14.1. The minimum absolute atomic E-state index is 0.143. The number of carbonyl (C=O) groups excluding carboxylic acids is 1. The maximum atomic E-state index is 12.3. The van der Waals surface area contributed by atoms with E-state index in [2.05, 4.69) is 15.2 Å². The molecule has 3 rings (SSSR count). The molecule has 23 heavy (non-hydrogen) atoms. The van der Waals surface area contributed by atoms with Crippen molar-refractivity contribution < 1.29 is 14.3 Å². The molecule has 0 saturated carbocycles. The van der Waals surface area contributed by atoms with Crippen molar-refractivity contribution in [2.45, 2.75) is 44.9 Å². The third-order valence-corrected chi connectivity index (χ3v) is 4.17. The smallest absolute Gasteiger partial charge is 0.270 e. The van der Waals surface area contributed by atoms with Crippen molar-refractivity contribution in [3.63, 3.8) is 0 Å². The Kier molecular flexibility index (Phi) is 4.29. The minimum atomic E-state index is -0.379. The van der Waals surface area contributed by atoms with Gasteiger partial charge >= 0.3 is 0 Å². The number of carbonyl (C=O) groups is 1. The Balaban J connectivity index is 1.67. The monoisotopic (exact) mass is 319 g/mol. The minimum Gasteiger partial charge on any atom is -0.371 e. The number of hydrogen-bond donors (Lipinski definition) is 1. The summed E-state index contributed by atoms with van der Waals surface area (Å²) in [5, 5.41) is 2.95. The molecule has 3 heterocycles. The van der Waals surface area contributed by atoms with Crippen LogP contribution in [0.15, 0.2) is 18.3 Å². The van der Waals surface area contributed by atoms with Gasteiger partial charge in [-0.15, -0.1) is 0 Å². The van der Waals surface area contributed by atoms with Gasteiger partial charge in [0, 0.05) is 43.4 Å². The quantitative estimate of drug-likeness (QED) is 0.903. The average molecular weight is 319 g/mol. The van der Waals surface area contributed by atoms with Crippen molar-refractivity contribution in [2.24, 2.45) is 0 Å². The lowest BCUT2D eigenvalue weighted by molar-refractivity contribution is -0.169. The molecule has 2 saturated heterocycles. The largest absolute Gasteiger partial charge is 0.371 e. The van der Waals surface area contributed by atoms with Crippen LogP contribution in [0, 0.1) is 0 Å². The van der Waals surface area contributed by atoms with Gasteiger partial charge in [-0.1, -0.05) is 0 Å². The number of anilines is 1. The van der Waals surface area contributed by atoms with Crippen molar-refractivity contribution in [3.8, 4) is 0 Å². The van der Waals surface area contributed by atoms with Crippen molar-refractivity contribution >= 4 is 11.6 Å². The fraction of sp³-hybridized carbons (Fsp3) is 0.647. The van der Waals surface area contributed by atoms with E-state index in [1.807, 2.05) is 32.9 Å². The first-order chi connectivity index (χ1) is 10.9.